The molecule has 0 spiro atoms. The van der Waals surface area contributed by atoms with Crippen molar-refractivity contribution in [1.82, 2.24) is 9.88 Å². The zero-order valence-electron chi connectivity index (χ0n) is 14.2. The van der Waals surface area contributed by atoms with Crippen molar-refractivity contribution < 1.29 is 4.79 Å². The standard InChI is InChI=1S/C19H28N2OS/c1-21(15-9-4-2-3-5-10-15)19(22)17-13-8-14-20-18(17)23-16-11-6-7-12-16/h8,13-16H,2-7,9-12H2,1H3. The molecule has 0 aliphatic heterocycles. The van der Waals surface area contributed by atoms with Gasteiger partial charge in [0.2, 0.25) is 0 Å². The van der Waals surface area contributed by atoms with Gasteiger partial charge in [-0.3, -0.25) is 4.79 Å². The number of hydrogen-bond acceptors (Lipinski definition) is 3. The first kappa shape index (κ1) is 16.8. The van der Waals surface area contributed by atoms with Crippen LogP contribution in [-0.4, -0.2) is 34.1 Å². The lowest BCUT2D eigenvalue weighted by atomic mass is 10.1. The average molecular weight is 333 g/mol. The molecule has 4 heteroatoms. The highest BCUT2D eigenvalue weighted by Crippen LogP contribution is 2.35. The summed E-state index contributed by atoms with van der Waals surface area (Å²) in [6, 6.07) is 4.25. The minimum Gasteiger partial charge on any atom is -0.339 e. The molecule has 1 amide bonds. The van der Waals surface area contributed by atoms with Crippen molar-refractivity contribution in [2.75, 3.05) is 7.05 Å². The van der Waals surface area contributed by atoms with E-state index in [9.17, 15) is 4.79 Å². The van der Waals surface area contributed by atoms with Crippen LogP contribution in [0.2, 0.25) is 0 Å². The Bertz CT molecular complexity index is 520. The van der Waals surface area contributed by atoms with Crippen LogP contribution in [0.4, 0.5) is 0 Å². The fraction of sp³-hybridized carbons (Fsp3) is 0.684. The number of rotatable bonds is 4. The van der Waals surface area contributed by atoms with Crippen LogP contribution in [0.5, 0.6) is 0 Å². The Kier molecular flexibility index (Phi) is 5.98. The van der Waals surface area contributed by atoms with Crippen LogP contribution >= 0.6 is 11.8 Å². The van der Waals surface area contributed by atoms with Gasteiger partial charge in [0.25, 0.3) is 5.91 Å². The van der Waals surface area contributed by atoms with E-state index in [1.807, 2.05) is 42.0 Å². The SMILES string of the molecule is CN(C(=O)c1cccnc1SC1CCCC1)C1CCCCCC1. The first-order valence-electron chi connectivity index (χ1n) is 9.14. The maximum atomic E-state index is 13.0. The third kappa shape index (κ3) is 4.28. The summed E-state index contributed by atoms with van der Waals surface area (Å²) in [5.41, 5.74) is 0.802. The first-order valence-corrected chi connectivity index (χ1v) is 10.0. The van der Waals surface area contributed by atoms with Crippen LogP contribution in [0.1, 0.15) is 74.6 Å². The highest BCUT2D eigenvalue weighted by Gasteiger charge is 2.26. The second-order valence-corrected chi connectivity index (χ2v) is 8.23. The van der Waals surface area contributed by atoms with Gasteiger partial charge in [0, 0.05) is 24.5 Å². The van der Waals surface area contributed by atoms with Crippen LogP contribution in [-0.2, 0) is 0 Å². The van der Waals surface area contributed by atoms with Crippen molar-refractivity contribution >= 4 is 17.7 Å². The zero-order chi connectivity index (χ0) is 16.1. The number of aromatic nitrogens is 1. The van der Waals surface area contributed by atoms with Crippen molar-refractivity contribution in [3.8, 4) is 0 Å². The molecule has 2 aliphatic rings. The Morgan fingerprint density at radius 2 is 1.74 bits per heavy atom. The maximum Gasteiger partial charge on any atom is 0.256 e. The van der Waals surface area contributed by atoms with Gasteiger partial charge in [-0.1, -0.05) is 38.5 Å². The third-order valence-corrected chi connectivity index (χ3v) is 6.63. The van der Waals surface area contributed by atoms with Crippen LogP contribution in [0.15, 0.2) is 23.4 Å². The minimum atomic E-state index is 0.158. The largest absolute Gasteiger partial charge is 0.339 e. The molecule has 3 rings (SSSR count). The molecule has 1 heterocycles. The number of thioether (sulfide) groups is 1. The van der Waals surface area contributed by atoms with Gasteiger partial charge >= 0.3 is 0 Å². The molecule has 0 saturated heterocycles. The summed E-state index contributed by atoms with van der Waals surface area (Å²) in [6.07, 6.45) is 14.4. The van der Waals surface area contributed by atoms with Crippen LogP contribution in [0, 0.1) is 0 Å². The highest BCUT2D eigenvalue weighted by molar-refractivity contribution is 7.99. The molecule has 2 aliphatic carbocycles. The molecule has 0 aromatic carbocycles. The lowest BCUT2D eigenvalue weighted by Crippen LogP contribution is -2.37. The number of amides is 1. The van der Waals surface area contributed by atoms with Crippen molar-refractivity contribution in [3.63, 3.8) is 0 Å². The van der Waals surface area contributed by atoms with Gasteiger partial charge in [-0.25, -0.2) is 4.98 Å². The normalized spacial score (nSPS) is 20.4. The van der Waals surface area contributed by atoms with Crippen LogP contribution in [0.25, 0.3) is 0 Å². The molecule has 0 unspecified atom stereocenters. The van der Waals surface area contributed by atoms with Gasteiger partial charge in [-0.2, -0.15) is 0 Å². The van der Waals surface area contributed by atoms with Crippen LogP contribution < -0.4 is 0 Å². The maximum absolute atomic E-state index is 13.0. The summed E-state index contributed by atoms with van der Waals surface area (Å²) >= 11 is 1.82. The molecular weight excluding hydrogens is 304 g/mol. The van der Waals surface area contributed by atoms with E-state index in [1.165, 1.54) is 51.4 Å². The summed E-state index contributed by atoms with van der Waals surface area (Å²) in [5, 5.41) is 1.57. The second-order valence-electron chi connectivity index (χ2n) is 6.94. The summed E-state index contributed by atoms with van der Waals surface area (Å²) in [6.45, 7) is 0. The molecule has 23 heavy (non-hydrogen) atoms. The fourth-order valence-corrected chi connectivity index (χ4v) is 5.10. The molecule has 126 valence electrons. The van der Waals surface area contributed by atoms with Gasteiger partial charge < -0.3 is 4.90 Å². The number of nitrogens with zero attached hydrogens (tertiary/aromatic N) is 2. The quantitative estimate of drug-likeness (QED) is 0.734. The molecule has 2 saturated carbocycles. The third-order valence-electron chi connectivity index (χ3n) is 5.27. The average Bonchev–Trinajstić information content (AvgIpc) is 2.94. The van der Waals surface area contributed by atoms with Crippen molar-refractivity contribution in [2.45, 2.75) is 80.5 Å². The molecule has 0 bridgehead atoms. The van der Waals surface area contributed by atoms with Gasteiger partial charge in [0.05, 0.1) is 5.56 Å². The minimum absolute atomic E-state index is 0.158. The Morgan fingerprint density at radius 3 is 2.43 bits per heavy atom. The number of pyridine rings is 1. The lowest BCUT2D eigenvalue weighted by molar-refractivity contribution is 0.0713. The topological polar surface area (TPSA) is 33.2 Å². The zero-order valence-corrected chi connectivity index (χ0v) is 15.0. The molecule has 0 atom stereocenters. The summed E-state index contributed by atoms with van der Waals surface area (Å²) < 4.78 is 0. The fourth-order valence-electron chi connectivity index (χ4n) is 3.81. The van der Waals surface area contributed by atoms with E-state index in [-0.39, 0.29) is 5.91 Å². The van der Waals surface area contributed by atoms with E-state index >= 15 is 0 Å². The van der Waals surface area contributed by atoms with E-state index in [0.717, 1.165) is 23.4 Å². The number of hydrogen-bond donors (Lipinski definition) is 0. The van der Waals surface area contributed by atoms with E-state index in [4.69, 9.17) is 0 Å². The van der Waals surface area contributed by atoms with Crippen molar-refractivity contribution in [1.29, 1.82) is 0 Å². The Morgan fingerprint density at radius 1 is 1.09 bits per heavy atom. The van der Waals surface area contributed by atoms with Crippen LogP contribution in [0.3, 0.4) is 0 Å². The molecule has 1 aromatic heterocycles. The molecule has 3 nitrogen and oxygen atoms in total. The predicted molar refractivity (Wildman–Crippen MR) is 95.9 cm³/mol. The summed E-state index contributed by atoms with van der Waals surface area (Å²) in [5.74, 6) is 0.158. The second kappa shape index (κ2) is 8.18. The number of carbonyl (C=O) groups is 1. The van der Waals surface area contributed by atoms with Crippen molar-refractivity contribution in [3.05, 3.63) is 23.9 Å². The molecule has 1 aromatic rings. The van der Waals surface area contributed by atoms with E-state index in [2.05, 4.69) is 4.98 Å². The molecule has 0 radical (unpaired) electrons. The molecular formula is C19H28N2OS. The van der Waals surface area contributed by atoms with E-state index < -0.39 is 0 Å². The van der Waals surface area contributed by atoms with Gasteiger partial charge in [-0.05, 0) is 37.8 Å². The molecule has 2 fully saturated rings. The predicted octanol–water partition coefficient (Wildman–Crippen LogP) is 4.91. The highest BCUT2D eigenvalue weighted by atomic mass is 32.2. The lowest BCUT2D eigenvalue weighted by Gasteiger charge is -2.28. The van der Waals surface area contributed by atoms with E-state index in [1.54, 1.807) is 0 Å². The van der Waals surface area contributed by atoms with Gasteiger partial charge in [-0.15, -0.1) is 11.8 Å². The monoisotopic (exact) mass is 332 g/mol. The number of carbonyl (C=O) groups excluding carboxylic acids is 1. The van der Waals surface area contributed by atoms with Gasteiger partial charge in [0.1, 0.15) is 5.03 Å². The Labute approximate surface area is 144 Å². The Balaban J connectivity index is 1.72. The summed E-state index contributed by atoms with van der Waals surface area (Å²) in [4.78, 5) is 19.5. The molecule has 0 N–H and O–H groups in total. The smallest absolute Gasteiger partial charge is 0.256 e. The van der Waals surface area contributed by atoms with Gasteiger partial charge in [0.15, 0.2) is 0 Å². The van der Waals surface area contributed by atoms with E-state index in [0.29, 0.717) is 11.3 Å². The summed E-state index contributed by atoms with van der Waals surface area (Å²) in [7, 11) is 1.98. The first-order chi connectivity index (χ1) is 11.3. The van der Waals surface area contributed by atoms with Crippen molar-refractivity contribution in [2.24, 2.45) is 0 Å². The Hall–Kier alpha value is -1.03.